The predicted octanol–water partition coefficient (Wildman–Crippen LogP) is 4.32. The van der Waals surface area contributed by atoms with E-state index in [9.17, 15) is 13.5 Å². The molecule has 0 spiro atoms. The van der Waals surface area contributed by atoms with Crippen LogP contribution in [0.4, 0.5) is 5.69 Å². The van der Waals surface area contributed by atoms with Gasteiger partial charge < -0.3 is 5.11 Å². The molecule has 1 heterocycles. The number of aliphatic hydroxyl groups excluding tert-OH is 1. The van der Waals surface area contributed by atoms with E-state index in [0.717, 1.165) is 11.1 Å². The molecule has 0 saturated carbocycles. The van der Waals surface area contributed by atoms with Crippen molar-refractivity contribution in [2.45, 2.75) is 63.0 Å². The maximum absolute atomic E-state index is 13.7. The second-order valence-corrected chi connectivity index (χ2v) is 10.1. The van der Waals surface area contributed by atoms with E-state index in [1.165, 1.54) is 11.1 Å². The van der Waals surface area contributed by atoms with Gasteiger partial charge in [0.1, 0.15) is 0 Å². The number of hydrogen-bond acceptors (Lipinski definition) is 3. The normalized spacial score (nSPS) is 25.5. The smallest absolute Gasteiger partial charge is 0.264 e. The van der Waals surface area contributed by atoms with Crippen molar-refractivity contribution in [3.05, 3.63) is 70.8 Å². The van der Waals surface area contributed by atoms with Crippen LogP contribution in [0.2, 0.25) is 0 Å². The Morgan fingerprint density at radius 1 is 1.04 bits per heavy atom. The highest BCUT2D eigenvalue weighted by molar-refractivity contribution is 7.92. The average molecular weight is 398 g/mol. The van der Waals surface area contributed by atoms with Crippen LogP contribution in [0.25, 0.3) is 0 Å². The summed E-state index contributed by atoms with van der Waals surface area (Å²) in [5.41, 5.74) is 4.46. The lowest BCUT2D eigenvalue weighted by Gasteiger charge is -2.45. The molecule has 4 rings (SSSR count). The molecule has 1 aliphatic heterocycles. The van der Waals surface area contributed by atoms with Gasteiger partial charge in [-0.15, -0.1) is 0 Å². The van der Waals surface area contributed by atoms with Crippen LogP contribution in [0, 0.1) is 6.92 Å². The molecule has 3 atom stereocenters. The number of hydrogen-bond donors (Lipinski definition) is 1. The number of nitrogens with zero attached hydrogens (tertiary/aromatic N) is 1. The van der Waals surface area contributed by atoms with Gasteiger partial charge in [0, 0.05) is 5.41 Å². The van der Waals surface area contributed by atoms with Crippen LogP contribution in [-0.2, 0) is 15.4 Å². The van der Waals surface area contributed by atoms with Crippen molar-refractivity contribution in [3.63, 3.8) is 0 Å². The van der Waals surface area contributed by atoms with E-state index in [-0.39, 0.29) is 6.04 Å². The second-order valence-electron chi connectivity index (χ2n) is 8.30. The Bertz CT molecular complexity index is 1050. The zero-order valence-electron chi connectivity index (χ0n) is 16.8. The molecule has 1 N–H and O–H groups in total. The lowest BCUT2D eigenvalue weighted by Crippen LogP contribution is -2.54. The zero-order chi connectivity index (χ0) is 20.3. The van der Waals surface area contributed by atoms with E-state index in [1.807, 2.05) is 43.3 Å². The molecule has 2 aliphatic rings. The van der Waals surface area contributed by atoms with Gasteiger partial charge in [-0.05, 0) is 64.3 Å². The summed E-state index contributed by atoms with van der Waals surface area (Å²) >= 11 is 0. The minimum Gasteiger partial charge on any atom is -0.392 e. The topological polar surface area (TPSA) is 57.6 Å². The third-order valence-corrected chi connectivity index (χ3v) is 8.47. The average Bonchev–Trinajstić information content (AvgIpc) is 2.94. The molecular formula is C23H27NO3S. The maximum atomic E-state index is 13.7. The predicted molar refractivity (Wildman–Crippen MR) is 112 cm³/mol. The number of allylic oxidation sites excluding steroid dienone is 1. The highest BCUT2D eigenvalue weighted by atomic mass is 32.2. The van der Waals surface area contributed by atoms with Crippen molar-refractivity contribution in [1.29, 1.82) is 0 Å². The number of para-hydroxylation sites is 1. The third kappa shape index (κ3) is 2.56. The molecule has 148 valence electrons. The monoisotopic (exact) mass is 397 g/mol. The molecule has 5 heteroatoms. The van der Waals surface area contributed by atoms with Crippen molar-refractivity contribution >= 4 is 15.7 Å². The van der Waals surface area contributed by atoms with E-state index in [4.69, 9.17) is 0 Å². The lowest BCUT2D eigenvalue weighted by molar-refractivity contribution is 0.0806. The Balaban J connectivity index is 1.97. The van der Waals surface area contributed by atoms with Gasteiger partial charge in [0.25, 0.3) is 10.0 Å². The maximum Gasteiger partial charge on any atom is 0.264 e. The molecular weight excluding hydrogens is 370 g/mol. The summed E-state index contributed by atoms with van der Waals surface area (Å²) in [6, 6.07) is 14.3. The number of benzene rings is 2. The molecule has 28 heavy (non-hydrogen) atoms. The first-order chi connectivity index (χ1) is 13.2. The Morgan fingerprint density at radius 3 is 2.32 bits per heavy atom. The number of sulfonamides is 1. The molecule has 0 aromatic heterocycles. The van der Waals surface area contributed by atoms with Crippen molar-refractivity contribution in [2.24, 2.45) is 0 Å². The van der Waals surface area contributed by atoms with E-state index in [2.05, 4.69) is 13.8 Å². The molecule has 0 amide bonds. The number of fused-ring (bicyclic) bond motifs is 3. The fourth-order valence-corrected chi connectivity index (χ4v) is 6.64. The first kappa shape index (κ1) is 19.2. The molecule has 2 aromatic rings. The Hall–Kier alpha value is -2.11. The van der Waals surface area contributed by atoms with Gasteiger partial charge in [-0.2, -0.15) is 0 Å². The van der Waals surface area contributed by atoms with Gasteiger partial charge in [-0.25, -0.2) is 8.42 Å². The molecule has 0 fully saturated rings. The van der Waals surface area contributed by atoms with Gasteiger partial charge in [0.05, 0.1) is 22.7 Å². The van der Waals surface area contributed by atoms with E-state index in [0.29, 0.717) is 23.4 Å². The summed E-state index contributed by atoms with van der Waals surface area (Å²) in [6.45, 7) is 7.90. The summed E-state index contributed by atoms with van der Waals surface area (Å²) < 4.78 is 29.1. The summed E-state index contributed by atoms with van der Waals surface area (Å²) in [6.07, 6.45) is 0.620. The van der Waals surface area contributed by atoms with Gasteiger partial charge in [0.15, 0.2) is 0 Å². The minimum absolute atomic E-state index is 0.290. The van der Waals surface area contributed by atoms with Crippen LogP contribution < -0.4 is 4.31 Å². The van der Waals surface area contributed by atoms with Crippen molar-refractivity contribution in [1.82, 2.24) is 0 Å². The Morgan fingerprint density at radius 2 is 1.68 bits per heavy atom. The molecule has 1 aliphatic carbocycles. The molecule has 4 nitrogen and oxygen atoms in total. The molecule has 1 unspecified atom stereocenters. The first-order valence-electron chi connectivity index (χ1n) is 9.73. The largest absolute Gasteiger partial charge is 0.392 e. The van der Waals surface area contributed by atoms with Gasteiger partial charge >= 0.3 is 0 Å². The fourth-order valence-electron chi connectivity index (χ4n) is 4.92. The number of rotatable bonds is 3. The molecule has 0 bridgehead atoms. The van der Waals surface area contributed by atoms with Crippen molar-refractivity contribution in [3.8, 4) is 0 Å². The van der Waals surface area contributed by atoms with Crippen molar-refractivity contribution < 1.29 is 13.5 Å². The molecule has 0 radical (unpaired) electrons. The first-order valence-corrected chi connectivity index (χ1v) is 11.2. The standard InChI is InChI=1S/C23H27NO3S/c1-15-9-11-19(12-10-15)28(26,27)24-21-8-6-5-7-20(21)23(18(4)25)14-17(3)16(2)13-22(23)24/h5-12,18,22,25H,13-14H2,1-4H3/t18?,22-,23+/m1/s1. The van der Waals surface area contributed by atoms with E-state index < -0.39 is 21.5 Å². The summed E-state index contributed by atoms with van der Waals surface area (Å²) in [4.78, 5) is 0.290. The van der Waals surface area contributed by atoms with Crippen LogP contribution in [-0.4, -0.2) is 25.7 Å². The Kier molecular flexibility index (Phi) is 4.43. The summed E-state index contributed by atoms with van der Waals surface area (Å²) in [7, 11) is -3.75. The molecule has 0 saturated heterocycles. The van der Waals surface area contributed by atoms with Crippen molar-refractivity contribution in [2.75, 3.05) is 4.31 Å². The van der Waals surface area contributed by atoms with Crippen LogP contribution >= 0.6 is 0 Å². The number of aliphatic hydroxyl groups is 1. The minimum atomic E-state index is -3.75. The quantitative estimate of drug-likeness (QED) is 0.785. The fraction of sp³-hybridized carbons (Fsp3) is 0.391. The van der Waals surface area contributed by atoms with Crippen LogP contribution in [0.5, 0.6) is 0 Å². The molecule has 2 aromatic carbocycles. The summed E-state index contributed by atoms with van der Waals surface area (Å²) in [5, 5.41) is 10.9. The lowest BCUT2D eigenvalue weighted by atomic mass is 9.64. The van der Waals surface area contributed by atoms with Crippen LogP contribution in [0.1, 0.15) is 44.7 Å². The highest BCUT2D eigenvalue weighted by Gasteiger charge is 2.58. The van der Waals surface area contributed by atoms with E-state index in [1.54, 1.807) is 23.4 Å². The zero-order valence-corrected chi connectivity index (χ0v) is 17.6. The number of aryl methyl sites for hydroxylation is 1. The van der Waals surface area contributed by atoms with Gasteiger partial charge in [-0.3, -0.25) is 4.31 Å². The highest BCUT2D eigenvalue weighted by Crippen LogP contribution is 2.56. The Labute approximate surface area is 167 Å². The van der Waals surface area contributed by atoms with Gasteiger partial charge in [-0.1, -0.05) is 47.0 Å². The van der Waals surface area contributed by atoms with Crippen LogP contribution in [0.3, 0.4) is 0 Å². The second kappa shape index (κ2) is 6.46. The van der Waals surface area contributed by atoms with Crippen LogP contribution in [0.15, 0.2) is 64.6 Å². The third-order valence-electron chi connectivity index (χ3n) is 6.63. The number of anilines is 1. The van der Waals surface area contributed by atoms with E-state index >= 15 is 0 Å². The SMILES string of the molecule is CC1=C(C)C[C@]2(C(C)O)c3ccccc3N(S(=O)(=O)c3ccc(C)cc3)[C@@H]2C1. The van der Waals surface area contributed by atoms with Gasteiger partial charge in [0.2, 0.25) is 0 Å². The summed E-state index contributed by atoms with van der Waals surface area (Å²) in [5.74, 6) is 0.